The maximum Gasteiger partial charge on any atom is 0.213 e. The van der Waals surface area contributed by atoms with E-state index in [9.17, 15) is 8.42 Å². The SMILES string of the molecule is CCS(=O)(=O)N1CC2CCCC(C1)N2. The van der Waals surface area contributed by atoms with E-state index in [0.717, 1.165) is 12.8 Å². The number of nitrogens with zero attached hydrogens (tertiary/aromatic N) is 1. The van der Waals surface area contributed by atoms with Gasteiger partial charge in [-0.3, -0.25) is 0 Å². The van der Waals surface area contributed by atoms with Crippen molar-refractivity contribution in [3.63, 3.8) is 0 Å². The Labute approximate surface area is 85.7 Å². The number of nitrogens with one attached hydrogen (secondary N) is 1. The fourth-order valence-corrected chi connectivity index (χ4v) is 3.55. The van der Waals surface area contributed by atoms with E-state index in [1.807, 2.05) is 0 Å². The zero-order valence-electron chi connectivity index (χ0n) is 8.57. The summed E-state index contributed by atoms with van der Waals surface area (Å²) in [5.74, 6) is 0.229. The molecular formula is C9H18N2O2S. The van der Waals surface area contributed by atoms with Crippen molar-refractivity contribution in [2.24, 2.45) is 0 Å². The Balaban J connectivity index is 2.09. The summed E-state index contributed by atoms with van der Waals surface area (Å²) in [6.07, 6.45) is 3.47. The second-order valence-electron chi connectivity index (χ2n) is 4.21. The van der Waals surface area contributed by atoms with Crippen LogP contribution in [-0.4, -0.2) is 43.6 Å². The van der Waals surface area contributed by atoms with Crippen LogP contribution in [0.3, 0.4) is 0 Å². The van der Waals surface area contributed by atoms with Crippen LogP contribution >= 0.6 is 0 Å². The van der Waals surface area contributed by atoms with Gasteiger partial charge in [-0.15, -0.1) is 0 Å². The molecule has 2 unspecified atom stereocenters. The Morgan fingerprint density at radius 2 is 1.86 bits per heavy atom. The summed E-state index contributed by atoms with van der Waals surface area (Å²) in [6, 6.07) is 0.785. The minimum Gasteiger partial charge on any atom is -0.309 e. The van der Waals surface area contributed by atoms with Gasteiger partial charge in [0.1, 0.15) is 0 Å². The molecule has 5 heteroatoms. The largest absolute Gasteiger partial charge is 0.309 e. The van der Waals surface area contributed by atoms with Gasteiger partial charge in [-0.1, -0.05) is 6.42 Å². The number of piperazine rings is 1. The first kappa shape index (κ1) is 10.4. The zero-order chi connectivity index (χ0) is 10.2. The number of rotatable bonds is 2. The van der Waals surface area contributed by atoms with E-state index < -0.39 is 10.0 Å². The predicted octanol–water partition coefficient (Wildman–Crippen LogP) is 0.162. The Morgan fingerprint density at radius 1 is 1.29 bits per heavy atom. The normalized spacial score (nSPS) is 34.4. The molecule has 1 N–H and O–H groups in total. The summed E-state index contributed by atoms with van der Waals surface area (Å²) < 4.78 is 25.0. The summed E-state index contributed by atoms with van der Waals surface area (Å²) in [5, 5.41) is 3.47. The van der Waals surface area contributed by atoms with Crippen LogP contribution in [0.5, 0.6) is 0 Å². The van der Waals surface area contributed by atoms with Crippen molar-refractivity contribution < 1.29 is 8.42 Å². The molecule has 0 radical (unpaired) electrons. The molecule has 14 heavy (non-hydrogen) atoms. The standard InChI is InChI=1S/C9H18N2O2S/c1-2-14(12,13)11-6-8-4-3-5-9(7-11)10-8/h8-10H,2-7H2,1H3. The molecule has 4 nitrogen and oxygen atoms in total. The summed E-state index contributed by atoms with van der Waals surface area (Å²) in [4.78, 5) is 0. The van der Waals surface area contributed by atoms with Crippen LogP contribution in [0, 0.1) is 0 Å². The van der Waals surface area contributed by atoms with Gasteiger partial charge in [0, 0.05) is 25.2 Å². The van der Waals surface area contributed by atoms with E-state index in [0.29, 0.717) is 25.2 Å². The predicted molar refractivity (Wildman–Crippen MR) is 55.6 cm³/mol. The van der Waals surface area contributed by atoms with Gasteiger partial charge in [0.2, 0.25) is 10.0 Å². The van der Waals surface area contributed by atoms with Gasteiger partial charge < -0.3 is 5.32 Å². The summed E-state index contributed by atoms with van der Waals surface area (Å²) in [6.45, 7) is 3.06. The lowest BCUT2D eigenvalue weighted by atomic mass is 9.96. The molecule has 0 aliphatic carbocycles. The molecule has 2 bridgehead atoms. The topological polar surface area (TPSA) is 49.4 Å². The van der Waals surface area contributed by atoms with Crippen molar-refractivity contribution in [3.8, 4) is 0 Å². The monoisotopic (exact) mass is 218 g/mol. The van der Waals surface area contributed by atoms with Gasteiger partial charge in [0.15, 0.2) is 0 Å². The Hall–Kier alpha value is -0.130. The van der Waals surface area contributed by atoms with Crippen LogP contribution in [0.4, 0.5) is 0 Å². The summed E-state index contributed by atoms with van der Waals surface area (Å²) in [7, 11) is -2.97. The van der Waals surface area contributed by atoms with Crippen molar-refractivity contribution >= 4 is 10.0 Å². The van der Waals surface area contributed by atoms with Crippen molar-refractivity contribution in [3.05, 3.63) is 0 Å². The van der Waals surface area contributed by atoms with Crippen molar-refractivity contribution in [1.82, 2.24) is 9.62 Å². The van der Waals surface area contributed by atoms with E-state index in [1.54, 1.807) is 11.2 Å². The van der Waals surface area contributed by atoms with Crippen LogP contribution in [0.2, 0.25) is 0 Å². The number of sulfonamides is 1. The Morgan fingerprint density at radius 3 is 2.36 bits per heavy atom. The molecule has 0 saturated carbocycles. The highest BCUT2D eigenvalue weighted by atomic mass is 32.2. The van der Waals surface area contributed by atoms with E-state index in [2.05, 4.69) is 5.32 Å². The first-order valence-electron chi connectivity index (χ1n) is 5.35. The van der Waals surface area contributed by atoms with Gasteiger partial charge in [-0.05, 0) is 19.8 Å². The Bertz CT molecular complexity index is 290. The van der Waals surface area contributed by atoms with E-state index >= 15 is 0 Å². The third-order valence-electron chi connectivity index (χ3n) is 3.18. The number of piperidine rings is 1. The number of hydrogen-bond acceptors (Lipinski definition) is 3. The first-order valence-corrected chi connectivity index (χ1v) is 6.96. The van der Waals surface area contributed by atoms with Gasteiger partial charge in [0.25, 0.3) is 0 Å². The molecule has 0 aromatic carbocycles. The first-order chi connectivity index (χ1) is 6.62. The molecule has 0 amide bonds. The average molecular weight is 218 g/mol. The zero-order valence-corrected chi connectivity index (χ0v) is 9.39. The highest BCUT2D eigenvalue weighted by Crippen LogP contribution is 2.21. The third-order valence-corrected chi connectivity index (χ3v) is 5.00. The van der Waals surface area contributed by atoms with Crippen LogP contribution in [0.15, 0.2) is 0 Å². The maximum atomic E-state index is 11.7. The molecule has 2 atom stereocenters. The molecule has 0 aromatic heterocycles. The molecule has 2 heterocycles. The van der Waals surface area contributed by atoms with Crippen molar-refractivity contribution in [1.29, 1.82) is 0 Å². The molecule has 0 spiro atoms. The van der Waals surface area contributed by atoms with Crippen LogP contribution < -0.4 is 5.32 Å². The molecule has 82 valence electrons. The van der Waals surface area contributed by atoms with Crippen LogP contribution in [0.25, 0.3) is 0 Å². The quantitative estimate of drug-likeness (QED) is 0.718. The van der Waals surface area contributed by atoms with Gasteiger partial charge in [-0.2, -0.15) is 4.31 Å². The number of fused-ring (bicyclic) bond motifs is 2. The molecule has 2 saturated heterocycles. The highest BCUT2D eigenvalue weighted by Gasteiger charge is 2.34. The Kier molecular flexibility index (Phi) is 2.81. The second-order valence-corrected chi connectivity index (χ2v) is 6.47. The molecular weight excluding hydrogens is 200 g/mol. The van der Waals surface area contributed by atoms with E-state index in [-0.39, 0.29) is 5.75 Å². The fourth-order valence-electron chi connectivity index (χ4n) is 2.37. The lowest BCUT2D eigenvalue weighted by molar-refractivity contribution is 0.190. The minimum absolute atomic E-state index is 0.229. The summed E-state index contributed by atoms with van der Waals surface area (Å²) in [5.41, 5.74) is 0. The molecule has 2 aliphatic heterocycles. The van der Waals surface area contributed by atoms with Crippen LogP contribution in [0.1, 0.15) is 26.2 Å². The lowest BCUT2D eigenvalue weighted by Crippen LogP contribution is -2.60. The summed E-state index contributed by atoms with van der Waals surface area (Å²) >= 11 is 0. The molecule has 0 aromatic rings. The maximum absolute atomic E-state index is 11.7. The molecule has 2 rings (SSSR count). The highest BCUT2D eigenvalue weighted by molar-refractivity contribution is 7.89. The molecule has 2 aliphatic rings. The molecule has 2 fully saturated rings. The van der Waals surface area contributed by atoms with Crippen molar-refractivity contribution in [2.45, 2.75) is 38.3 Å². The van der Waals surface area contributed by atoms with E-state index in [1.165, 1.54) is 6.42 Å². The third kappa shape index (κ3) is 1.94. The second kappa shape index (κ2) is 3.79. The van der Waals surface area contributed by atoms with Gasteiger partial charge in [-0.25, -0.2) is 8.42 Å². The fraction of sp³-hybridized carbons (Fsp3) is 1.00. The van der Waals surface area contributed by atoms with Crippen molar-refractivity contribution in [2.75, 3.05) is 18.8 Å². The average Bonchev–Trinajstić information content (AvgIpc) is 2.17. The van der Waals surface area contributed by atoms with Crippen LogP contribution in [-0.2, 0) is 10.0 Å². The van der Waals surface area contributed by atoms with Gasteiger partial charge in [0.05, 0.1) is 5.75 Å². The van der Waals surface area contributed by atoms with Gasteiger partial charge >= 0.3 is 0 Å². The lowest BCUT2D eigenvalue weighted by Gasteiger charge is -2.41. The van der Waals surface area contributed by atoms with E-state index in [4.69, 9.17) is 0 Å². The number of hydrogen-bond donors (Lipinski definition) is 1. The minimum atomic E-state index is -2.97. The smallest absolute Gasteiger partial charge is 0.213 e.